The lowest BCUT2D eigenvalue weighted by Crippen LogP contribution is -2.53. The summed E-state index contributed by atoms with van der Waals surface area (Å²) in [6.07, 6.45) is 3.80. The fourth-order valence-electron chi connectivity index (χ4n) is 2.95. The van der Waals surface area contributed by atoms with Crippen molar-refractivity contribution in [2.24, 2.45) is 0 Å². The van der Waals surface area contributed by atoms with Crippen LogP contribution in [0, 0.1) is 11.3 Å². The van der Waals surface area contributed by atoms with Gasteiger partial charge in [0.2, 0.25) is 0 Å². The van der Waals surface area contributed by atoms with E-state index in [-0.39, 0.29) is 5.91 Å². The Bertz CT molecular complexity index is 624. The summed E-state index contributed by atoms with van der Waals surface area (Å²) in [5.41, 5.74) is -0.712. The third-order valence-electron chi connectivity index (χ3n) is 4.41. The van der Waals surface area contributed by atoms with Crippen LogP contribution in [0.25, 0.3) is 0 Å². The molecular weight excluding hydrogens is 380 g/mol. The molecule has 0 saturated heterocycles. The van der Waals surface area contributed by atoms with Gasteiger partial charge in [-0.25, -0.2) is 0 Å². The topological polar surface area (TPSA) is 53.3 Å². The van der Waals surface area contributed by atoms with Crippen molar-refractivity contribution in [3.05, 3.63) is 27.7 Å². The van der Waals surface area contributed by atoms with Crippen LogP contribution >= 0.6 is 27.5 Å². The molecule has 1 atom stereocenters. The van der Waals surface area contributed by atoms with Crippen LogP contribution in [-0.2, 0) is 4.79 Å². The first-order valence-electron chi connectivity index (χ1n) is 7.70. The summed E-state index contributed by atoms with van der Waals surface area (Å²) in [5.74, 6) is 0.256. The van der Waals surface area contributed by atoms with Crippen molar-refractivity contribution in [1.82, 2.24) is 4.90 Å². The van der Waals surface area contributed by atoms with Crippen LogP contribution in [0.2, 0.25) is 5.02 Å². The lowest BCUT2D eigenvalue weighted by molar-refractivity contribution is -0.141. The molecule has 1 aromatic rings. The van der Waals surface area contributed by atoms with E-state index in [2.05, 4.69) is 22.0 Å². The molecule has 6 heteroatoms. The number of nitrogens with zero attached hydrogens (tertiary/aromatic N) is 2. The highest BCUT2D eigenvalue weighted by atomic mass is 79.9. The summed E-state index contributed by atoms with van der Waals surface area (Å²) >= 11 is 9.46. The van der Waals surface area contributed by atoms with Gasteiger partial charge in [0, 0.05) is 11.5 Å². The highest BCUT2D eigenvalue weighted by molar-refractivity contribution is 9.10. The summed E-state index contributed by atoms with van der Waals surface area (Å²) in [6.45, 7) is 1.69. The van der Waals surface area contributed by atoms with Crippen LogP contribution < -0.4 is 4.74 Å². The van der Waals surface area contributed by atoms with Gasteiger partial charge in [-0.05, 0) is 38.0 Å². The molecule has 23 heavy (non-hydrogen) atoms. The van der Waals surface area contributed by atoms with E-state index in [1.807, 2.05) is 0 Å². The van der Waals surface area contributed by atoms with Crippen molar-refractivity contribution < 1.29 is 9.53 Å². The molecule has 1 aliphatic rings. The van der Waals surface area contributed by atoms with Crippen molar-refractivity contribution in [3.63, 3.8) is 0 Å². The van der Waals surface area contributed by atoms with Gasteiger partial charge in [0.05, 0.1) is 11.1 Å². The van der Waals surface area contributed by atoms with Crippen molar-refractivity contribution in [1.29, 1.82) is 5.26 Å². The molecule has 0 heterocycles. The normalized spacial score (nSPS) is 17.9. The molecule has 1 fully saturated rings. The summed E-state index contributed by atoms with van der Waals surface area (Å²) in [7, 11) is 1.69. The Morgan fingerprint density at radius 2 is 2.09 bits per heavy atom. The summed E-state index contributed by atoms with van der Waals surface area (Å²) in [4.78, 5) is 14.2. The number of benzene rings is 1. The Morgan fingerprint density at radius 1 is 1.43 bits per heavy atom. The molecule has 1 aliphatic carbocycles. The number of carbonyl (C=O) groups is 1. The third-order valence-corrected chi connectivity index (χ3v) is 5.20. The van der Waals surface area contributed by atoms with E-state index in [4.69, 9.17) is 16.3 Å². The van der Waals surface area contributed by atoms with Crippen LogP contribution in [0.4, 0.5) is 0 Å². The van der Waals surface area contributed by atoms with Gasteiger partial charge in [-0.15, -0.1) is 0 Å². The van der Waals surface area contributed by atoms with E-state index in [0.29, 0.717) is 10.8 Å². The Labute approximate surface area is 150 Å². The quantitative estimate of drug-likeness (QED) is 0.746. The number of hydrogen-bond donors (Lipinski definition) is 0. The van der Waals surface area contributed by atoms with Crippen molar-refractivity contribution in [3.8, 4) is 11.8 Å². The lowest BCUT2D eigenvalue weighted by atomic mass is 9.81. The number of carbonyl (C=O) groups excluding carboxylic acids is 1. The smallest absolute Gasteiger partial charge is 0.264 e. The van der Waals surface area contributed by atoms with Gasteiger partial charge in [0.15, 0.2) is 6.10 Å². The first-order valence-corrected chi connectivity index (χ1v) is 8.87. The number of rotatable bonds is 4. The molecule has 124 valence electrons. The minimum atomic E-state index is -0.712. The highest BCUT2D eigenvalue weighted by Gasteiger charge is 2.40. The maximum atomic E-state index is 12.7. The summed E-state index contributed by atoms with van der Waals surface area (Å²) < 4.78 is 6.55. The zero-order valence-corrected chi connectivity index (χ0v) is 15.7. The van der Waals surface area contributed by atoms with Gasteiger partial charge in [-0.2, -0.15) is 5.26 Å². The van der Waals surface area contributed by atoms with E-state index in [0.717, 1.165) is 36.6 Å². The van der Waals surface area contributed by atoms with Crippen LogP contribution in [0.15, 0.2) is 22.7 Å². The maximum absolute atomic E-state index is 12.7. The highest BCUT2D eigenvalue weighted by Crippen LogP contribution is 2.33. The fraction of sp³-hybridized carbons (Fsp3) is 0.529. The second-order valence-corrected chi connectivity index (χ2v) is 7.26. The van der Waals surface area contributed by atoms with Crippen molar-refractivity contribution in [2.45, 2.75) is 50.7 Å². The molecule has 0 aliphatic heterocycles. The molecule has 0 aromatic heterocycles. The third kappa shape index (κ3) is 3.99. The largest absolute Gasteiger partial charge is 0.479 e. The number of nitriles is 1. The molecule has 0 radical (unpaired) electrons. The Kier molecular flexibility index (Phi) is 5.94. The zero-order valence-electron chi connectivity index (χ0n) is 13.3. The Morgan fingerprint density at radius 3 is 2.65 bits per heavy atom. The van der Waals surface area contributed by atoms with Crippen LogP contribution in [0.3, 0.4) is 0 Å². The molecule has 0 spiro atoms. The van der Waals surface area contributed by atoms with Crippen LogP contribution in [0.1, 0.15) is 39.0 Å². The van der Waals surface area contributed by atoms with Crippen LogP contribution in [0.5, 0.6) is 5.75 Å². The molecule has 1 saturated carbocycles. The Balaban J connectivity index is 2.10. The predicted molar refractivity (Wildman–Crippen MR) is 93.4 cm³/mol. The zero-order chi connectivity index (χ0) is 17.0. The van der Waals surface area contributed by atoms with E-state index >= 15 is 0 Å². The molecule has 1 amide bonds. The van der Waals surface area contributed by atoms with Gasteiger partial charge in [0.25, 0.3) is 5.91 Å². The average molecular weight is 400 g/mol. The monoisotopic (exact) mass is 398 g/mol. The van der Waals surface area contributed by atoms with Crippen molar-refractivity contribution in [2.75, 3.05) is 7.05 Å². The predicted octanol–water partition coefficient (Wildman–Crippen LogP) is 4.55. The second kappa shape index (κ2) is 7.55. The first-order chi connectivity index (χ1) is 10.9. The molecule has 4 nitrogen and oxygen atoms in total. The molecule has 0 N–H and O–H groups in total. The van der Waals surface area contributed by atoms with E-state index < -0.39 is 11.6 Å². The minimum Gasteiger partial charge on any atom is -0.479 e. The molecule has 1 aromatic carbocycles. The van der Waals surface area contributed by atoms with E-state index in [9.17, 15) is 10.1 Å². The fourth-order valence-corrected chi connectivity index (χ4v) is 3.67. The SMILES string of the molecule is C[C@@H](Oc1ccc(Br)cc1Cl)C(=O)N(C)C1(C#N)CCCCC1. The molecule has 0 bridgehead atoms. The van der Waals surface area contributed by atoms with Gasteiger partial charge in [0.1, 0.15) is 11.3 Å². The summed E-state index contributed by atoms with van der Waals surface area (Å²) in [6, 6.07) is 7.60. The van der Waals surface area contributed by atoms with Gasteiger partial charge < -0.3 is 9.64 Å². The first kappa shape index (κ1) is 18.1. The molecule has 0 unspecified atom stereocenters. The number of likely N-dealkylation sites (N-methyl/N-ethyl adjacent to an activating group) is 1. The minimum absolute atomic E-state index is 0.201. The number of halogens is 2. The van der Waals surface area contributed by atoms with Gasteiger partial charge in [-0.1, -0.05) is 46.8 Å². The number of amides is 1. The standard InChI is InChI=1S/C17H20BrClN2O2/c1-12(23-15-7-6-13(18)10-14(15)19)16(22)21(2)17(11-20)8-4-3-5-9-17/h6-7,10,12H,3-5,8-9H2,1-2H3/t12-/m1/s1. The lowest BCUT2D eigenvalue weighted by Gasteiger charge is -2.40. The number of hydrogen-bond acceptors (Lipinski definition) is 3. The van der Waals surface area contributed by atoms with Gasteiger partial charge in [-0.3, -0.25) is 4.79 Å². The van der Waals surface area contributed by atoms with E-state index in [1.54, 1.807) is 37.1 Å². The molecule has 2 rings (SSSR count). The number of ether oxygens (including phenoxy) is 1. The maximum Gasteiger partial charge on any atom is 0.264 e. The average Bonchev–Trinajstić information content (AvgIpc) is 2.56. The molecular formula is C17H20BrClN2O2. The second-order valence-electron chi connectivity index (χ2n) is 5.94. The van der Waals surface area contributed by atoms with E-state index in [1.165, 1.54) is 0 Å². The Hall–Kier alpha value is -1.25. The van der Waals surface area contributed by atoms with Gasteiger partial charge >= 0.3 is 0 Å². The summed E-state index contributed by atoms with van der Waals surface area (Å²) in [5, 5.41) is 10.0. The van der Waals surface area contributed by atoms with Crippen LogP contribution in [-0.4, -0.2) is 29.5 Å². The van der Waals surface area contributed by atoms with Crippen molar-refractivity contribution >= 4 is 33.4 Å².